The molecule has 1 aromatic rings. The molecule has 5 N–H and O–H groups in total. The Morgan fingerprint density at radius 2 is 2.32 bits per heavy atom. The van der Waals surface area contributed by atoms with Gasteiger partial charge >= 0.3 is 5.69 Å². The standard InChI is InChI=1S/C10H16N4O4.ClH/c1-5-4-14(10(17)13-9(5)16)8-2-6(15)7(18-8)3-12-11;/h4,6-8,12,15H,2-3,11H2,1H3,(H,13,16,17);1H/t6-,7+,8+;/m0./s1. The van der Waals surface area contributed by atoms with Crippen LogP contribution in [0.5, 0.6) is 0 Å². The highest BCUT2D eigenvalue weighted by Crippen LogP contribution is 2.26. The summed E-state index contributed by atoms with van der Waals surface area (Å²) in [5.41, 5.74) is 1.85. The van der Waals surface area contributed by atoms with E-state index in [0.717, 1.165) is 0 Å². The molecule has 0 spiro atoms. The van der Waals surface area contributed by atoms with Gasteiger partial charge in [-0.05, 0) is 6.92 Å². The van der Waals surface area contributed by atoms with Crippen LogP contribution in [-0.4, -0.2) is 33.4 Å². The minimum atomic E-state index is -0.704. The minimum Gasteiger partial charge on any atom is -0.390 e. The quantitative estimate of drug-likeness (QED) is 0.392. The molecule has 0 aromatic carbocycles. The van der Waals surface area contributed by atoms with Gasteiger partial charge in [-0.1, -0.05) is 0 Å². The molecule has 0 aliphatic carbocycles. The van der Waals surface area contributed by atoms with Crippen molar-refractivity contribution in [2.45, 2.75) is 31.8 Å². The zero-order valence-electron chi connectivity index (χ0n) is 10.3. The van der Waals surface area contributed by atoms with Crippen molar-refractivity contribution in [3.05, 3.63) is 32.6 Å². The number of hydrogen-bond acceptors (Lipinski definition) is 6. The van der Waals surface area contributed by atoms with Gasteiger partial charge in [0.2, 0.25) is 0 Å². The lowest BCUT2D eigenvalue weighted by atomic mass is 10.2. The number of H-pyrrole nitrogens is 1. The number of aliphatic hydroxyl groups is 1. The van der Waals surface area contributed by atoms with E-state index in [4.69, 9.17) is 10.6 Å². The summed E-state index contributed by atoms with van der Waals surface area (Å²) in [6.45, 7) is 1.88. The van der Waals surface area contributed by atoms with Crippen molar-refractivity contribution in [3.63, 3.8) is 0 Å². The average molecular weight is 293 g/mol. The van der Waals surface area contributed by atoms with Crippen molar-refractivity contribution in [2.24, 2.45) is 5.84 Å². The number of rotatable bonds is 3. The van der Waals surface area contributed by atoms with E-state index in [-0.39, 0.29) is 25.4 Å². The zero-order valence-corrected chi connectivity index (χ0v) is 11.1. The van der Waals surface area contributed by atoms with Crippen molar-refractivity contribution >= 4 is 12.4 Å². The molecular weight excluding hydrogens is 276 g/mol. The maximum Gasteiger partial charge on any atom is 0.330 e. The number of nitrogens with one attached hydrogen (secondary N) is 2. The normalized spacial score (nSPS) is 26.2. The van der Waals surface area contributed by atoms with Crippen LogP contribution in [-0.2, 0) is 4.74 Å². The van der Waals surface area contributed by atoms with E-state index >= 15 is 0 Å². The Kier molecular flexibility index (Phi) is 5.27. The van der Waals surface area contributed by atoms with Gasteiger partial charge in [-0.15, -0.1) is 12.4 Å². The first-order chi connectivity index (χ1) is 8.52. The number of aryl methyl sites for hydroxylation is 1. The summed E-state index contributed by atoms with van der Waals surface area (Å²) >= 11 is 0. The van der Waals surface area contributed by atoms with E-state index in [1.54, 1.807) is 6.92 Å². The molecule has 0 radical (unpaired) electrons. The molecule has 19 heavy (non-hydrogen) atoms. The summed E-state index contributed by atoms with van der Waals surface area (Å²) in [4.78, 5) is 25.1. The van der Waals surface area contributed by atoms with Crippen LogP contribution in [0.25, 0.3) is 0 Å². The van der Waals surface area contributed by atoms with Crippen LogP contribution in [0.2, 0.25) is 0 Å². The van der Waals surface area contributed by atoms with Gasteiger partial charge in [0.05, 0.1) is 12.2 Å². The lowest BCUT2D eigenvalue weighted by Crippen LogP contribution is -2.37. The maximum absolute atomic E-state index is 11.7. The van der Waals surface area contributed by atoms with E-state index in [1.165, 1.54) is 10.8 Å². The first kappa shape index (κ1) is 15.9. The number of halogens is 1. The molecule has 2 rings (SSSR count). The molecule has 1 aliphatic heterocycles. The van der Waals surface area contributed by atoms with Crippen LogP contribution in [0.3, 0.4) is 0 Å². The Morgan fingerprint density at radius 3 is 2.95 bits per heavy atom. The number of nitrogens with zero attached hydrogens (tertiary/aromatic N) is 1. The molecule has 1 aliphatic rings. The first-order valence-electron chi connectivity index (χ1n) is 5.62. The molecule has 0 amide bonds. The van der Waals surface area contributed by atoms with Crippen molar-refractivity contribution in [1.29, 1.82) is 0 Å². The Morgan fingerprint density at radius 1 is 1.63 bits per heavy atom. The van der Waals surface area contributed by atoms with Crippen molar-refractivity contribution in [3.8, 4) is 0 Å². The summed E-state index contributed by atoms with van der Waals surface area (Å²) in [5.74, 6) is 5.17. The molecule has 2 heterocycles. The van der Waals surface area contributed by atoms with Crippen molar-refractivity contribution < 1.29 is 9.84 Å². The molecule has 0 bridgehead atoms. The lowest BCUT2D eigenvalue weighted by molar-refractivity contribution is -0.0192. The smallest absolute Gasteiger partial charge is 0.330 e. The molecule has 108 valence electrons. The second kappa shape index (κ2) is 6.31. The summed E-state index contributed by atoms with van der Waals surface area (Å²) in [6, 6.07) is 0. The van der Waals surface area contributed by atoms with Gasteiger partial charge in [-0.3, -0.25) is 25.6 Å². The van der Waals surface area contributed by atoms with Crippen LogP contribution < -0.4 is 22.5 Å². The number of aliphatic hydroxyl groups excluding tert-OH is 1. The van der Waals surface area contributed by atoms with Crippen LogP contribution in [0.1, 0.15) is 18.2 Å². The van der Waals surface area contributed by atoms with Gasteiger partial charge in [0.25, 0.3) is 5.56 Å². The second-order valence-corrected chi connectivity index (χ2v) is 4.32. The third-order valence-electron chi connectivity index (χ3n) is 2.98. The summed E-state index contributed by atoms with van der Waals surface area (Å²) < 4.78 is 6.80. The largest absolute Gasteiger partial charge is 0.390 e. The SMILES string of the molecule is Cc1cn([C@H]2C[C@H](O)[C@@H](CNN)O2)c(=O)[nH]c1=O.Cl. The van der Waals surface area contributed by atoms with Gasteiger partial charge in [0.1, 0.15) is 6.23 Å². The van der Waals surface area contributed by atoms with Crippen LogP contribution in [0, 0.1) is 6.92 Å². The Hall–Kier alpha value is -1.19. The lowest BCUT2D eigenvalue weighted by Gasteiger charge is -2.15. The third kappa shape index (κ3) is 3.23. The fourth-order valence-corrected chi connectivity index (χ4v) is 1.99. The maximum atomic E-state index is 11.7. The van der Waals surface area contributed by atoms with Crippen molar-refractivity contribution in [1.82, 2.24) is 15.0 Å². The number of hydrazine groups is 1. The second-order valence-electron chi connectivity index (χ2n) is 4.32. The van der Waals surface area contributed by atoms with Crippen LogP contribution >= 0.6 is 12.4 Å². The molecule has 1 fully saturated rings. The molecule has 0 saturated carbocycles. The Labute approximate surface area is 115 Å². The van der Waals surface area contributed by atoms with Gasteiger partial charge < -0.3 is 9.84 Å². The predicted octanol–water partition coefficient (Wildman–Crippen LogP) is -1.62. The van der Waals surface area contributed by atoms with Gasteiger partial charge in [0, 0.05) is 24.7 Å². The monoisotopic (exact) mass is 292 g/mol. The van der Waals surface area contributed by atoms with E-state index in [9.17, 15) is 14.7 Å². The third-order valence-corrected chi connectivity index (χ3v) is 2.98. The first-order valence-corrected chi connectivity index (χ1v) is 5.62. The highest BCUT2D eigenvalue weighted by atomic mass is 35.5. The summed E-state index contributed by atoms with van der Waals surface area (Å²) in [7, 11) is 0. The van der Waals surface area contributed by atoms with Crippen LogP contribution in [0.4, 0.5) is 0 Å². The fourth-order valence-electron chi connectivity index (χ4n) is 1.99. The highest BCUT2D eigenvalue weighted by molar-refractivity contribution is 5.85. The topological polar surface area (TPSA) is 122 Å². The molecule has 1 aromatic heterocycles. The van der Waals surface area contributed by atoms with Gasteiger partial charge in [0.15, 0.2) is 0 Å². The summed E-state index contributed by atoms with van der Waals surface area (Å²) in [6.07, 6.45) is -0.0696. The zero-order chi connectivity index (χ0) is 13.3. The van der Waals surface area contributed by atoms with E-state index in [1.807, 2.05) is 0 Å². The number of hydrogen-bond donors (Lipinski definition) is 4. The molecule has 1 saturated heterocycles. The molecular formula is C10H17ClN4O4. The van der Waals surface area contributed by atoms with E-state index in [2.05, 4.69) is 10.4 Å². The number of nitrogens with two attached hydrogens (primary N) is 1. The van der Waals surface area contributed by atoms with E-state index < -0.39 is 29.7 Å². The van der Waals surface area contributed by atoms with E-state index in [0.29, 0.717) is 5.56 Å². The molecule has 9 heteroatoms. The Bertz CT molecular complexity index is 543. The number of aromatic amines is 1. The predicted molar refractivity (Wildman–Crippen MR) is 70.0 cm³/mol. The minimum absolute atomic E-state index is 0. The average Bonchev–Trinajstić information content (AvgIpc) is 2.66. The van der Waals surface area contributed by atoms with Crippen LogP contribution in [0.15, 0.2) is 15.8 Å². The molecule has 3 atom stereocenters. The Balaban J connectivity index is 0.00000180. The molecule has 8 nitrogen and oxygen atoms in total. The van der Waals surface area contributed by atoms with Gasteiger partial charge in [-0.2, -0.15) is 0 Å². The summed E-state index contributed by atoms with van der Waals surface area (Å²) in [5, 5.41) is 9.76. The number of ether oxygens (including phenoxy) is 1. The highest BCUT2D eigenvalue weighted by Gasteiger charge is 2.35. The van der Waals surface area contributed by atoms with Crippen molar-refractivity contribution in [2.75, 3.05) is 6.54 Å². The molecule has 0 unspecified atom stereocenters. The van der Waals surface area contributed by atoms with Gasteiger partial charge in [-0.25, -0.2) is 4.79 Å². The number of aromatic nitrogens is 2. The fraction of sp³-hybridized carbons (Fsp3) is 0.600.